The van der Waals surface area contributed by atoms with Crippen molar-refractivity contribution in [3.05, 3.63) is 58.2 Å². The molecule has 88 valence electrons. The molecule has 0 bridgehead atoms. The summed E-state index contributed by atoms with van der Waals surface area (Å²) in [5.41, 5.74) is 1.99. The molecule has 4 nitrogen and oxygen atoms in total. The van der Waals surface area contributed by atoms with Gasteiger partial charge in [-0.15, -0.1) is 5.10 Å². The second kappa shape index (κ2) is 4.85. The van der Waals surface area contributed by atoms with E-state index in [4.69, 9.17) is 0 Å². The molecule has 0 aliphatic heterocycles. The van der Waals surface area contributed by atoms with Crippen LogP contribution in [0, 0.1) is 3.57 Å². The van der Waals surface area contributed by atoms with Gasteiger partial charge in [0.25, 0.3) is 0 Å². The van der Waals surface area contributed by atoms with Crippen LogP contribution in [0.25, 0.3) is 17.1 Å². The molecule has 2 aromatic carbocycles. The first kappa shape index (κ1) is 11.3. The van der Waals surface area contributed by atoms with Crippen molar-refractivity contribution in [3.63, 3.8) is 0 Å². The molecular formula is C13H9IN4. The Morgan fingerprint density at radius 1 is 0.889 bits per heavy atom. The number of aromatic nitrogens is 4. The maximum atomic E-state index is 4.10. The summed E-state index contributed by atoms with van der Waals surface area (Å²) >= 11 is 2.28. The second-order valence-corrected chi connectivity index (χ2v) is 4.89. The second-order valence-electron chi connectivity index (χ2n) is 3.73. The first-order chi connectivity index (χ1) is 8.86. The molecule has 0 amide bonds. The Hall–Kier alpha value is -1.76. The van der Waals surface area contributed by atoms with Gasteiger partial charge in [-0.05, 0) is 45.2 Å². The number of para-hydroxylation sites is 1. The van der Waals surface area contributed by atoms with Gasteiger partial charge in [-0.2, -0.15) is 4.68 Å². The normalized spacial score (nSPS) is 10.5. The highest BCUT2D eigenvalue weighted by Gasteiger charge is 2.11. The molecule has 0 saturated heterocycles. The molecule has 0 atom stereocenters. The van der Waals surface area contributed by atoms with E-state index >= 15 is 0 Å². The topological polar surface area (TPSA) is 43.6 Å². The SMILES string of the molecule is Ic1ccccc1-n1nnnc1-c1ccccc1. The van der Waals surface area contributed by atoms with Crippen molar-refractivity contribution in [2.45, 2.75) is 0 Å². The molecule has 0 N–H and O–H groups in total. The Balaban J connectivity index is 2.16. The molecular weight excluding hydrogens is 339 g/mol. The smallest absolute Gasteiger partial charge is 0.187 e. The number of benzene rings is 2. The van der Waals surface area contributed by atoms with Gasteiger partial charge in [0, 0.05) is 9.13 Å². The van der Waals surface area contributed by atoms with E-state index in [-0.39, 0.29) is 0 Å². The molecule has 1 heterocycles. The minimum Gasteiger partial charge on any atom is -0.192 e. The van der Waals surface area contributed by atoms with Gasteiger partial charge >= 0.3 is 0 Å². The predicted octanol–water partition coefficient (Wildman–Crippen LogP) is 2.93. The summed E-state index contributed by atoms with van der Waals surface area (Å²) in [6, 6.07) is 17.9. The standard InChI is InChI=1S/C13H9IN4/c14-11-8-4-5-9-12(11)18-13(15-16-17-18)10-6-2-1-3-7-10/h1-9H. The zero-order chi connectivity index (χ0) is 12.4. The number of rotatable bonds is 2. The summed E-state index contributed by atoms with van der Waals surface area (Å²) in [6.07, 6.45) is 0. The van der Waals surface area contributed by atoms with Crippen molar-refractivity contribution in [1.29, 1.82) is 0 Å². The van der Waals surface area contributed by atoms with Crippen LogP contribution in [0.4, 0.5) is 0 Å². The number of tetrazole rings is 1. The first-order valence-corrected chi connectivity index (χ1v) is 6.53. The molecule has 0 aliphatic carbocycles. The fraction of sp³-hybridized carbons (Fsp3) is 0. The quantitative estimate of drug-likeness (QED) is 0.669. The van der Waals surface area contributed by atoms with Gasteiger partial charge in [0.1, 0.15) is 0 Å². The van der Waals surface area contributed by atoms with Crippen LogP contribution in [0.2, 0.25) is 0 Å². The zero-order valence-electron chi connectivity index (χ0n) is 9.36. The van der Waals surface area contributed by atoms with Crippen LogP contribution < -0.4 is 0 Å². The van der Waals surface area contributed by atoms with Gasteiger partial charge in [0.15, 0.2) is 5.82 Å². The lowest BCUT2D eigenvalue weighted by Crippen LogP contribution is -2.01. The lowest BCUT2D eigenvalue weighted by Gasteiger charge is -2.06. The highest BCUT2D eigenvalue weighted by atomic mass is 127. The van der Waals surface area contributed by atoms with E-state index < -0.39 is 0 Å². The van der Waals surface area contributed by atoms with Crippen molar-refractivity contribution in [2.75, 3.05) is 0 Å². The van der Waals surface area contributed by atoms with Crippen molar-refractivity contribution >= 4 is 22.6 Å². The van der Waals surface area contributed by atoms with Crippen LogP contribution in [0.5, 0.6) is 0 Å². The number of hydrogen-bond donors (Lipinski definition) is 0. The molecule has 0 aliphatic rings. The average molecular weight is 348 g/mol. The molecule has 0 radical (unpaired) electrons. The third-order valence-corrected chi connectivity index (χ3v) is 3.49. The van der Waals surface area contributed by atoms with Crippen molar-refractivity contribution < 1.29 is 0 Å². The van der Waals surface area contributed by atoms with Crippen molar-refractivity contribution in [3.8, 4) is 17.1 Å². The van der Waals surface area contributed by atoms with E-state index in [0.717, 1.165) is 20.6 Å². The monoisotopic (exact) mass is 348 g/mol. The fourth-order valence-corrected chi connectivity index (χ4v) is 2.36. The summed E-state index contributed by atoms with van der Waals surface area (Å²) in [6.45, 7) is 0. The Morgan fingerprint density at radius 2 is 1.61 bits per heavy atom. The first-order valence-electron chi connectivity index (χ1n) is 5.45. The largest absolute Gasteiger partial charge is 0.192 e. The van der Waals surface area contributed by atoms with Gasteiger partial charge in [-0.3, -0.25) is 0 Å². The van der Waals surface area contributed by atoms with E-state index in [9.17, 15) is 0 Å². The van der Waals surface area contributed by atoms with Gasteiger partial charge in [-0.25, -0.2) is 0 Å². The van der Waals surface area contributed by atoms with Crippen LogP contribution in [-0.4, -0.2) is 20.2 Å². The van der Waals surface area contributed by atoms with Gasteiger partial charge in [-0.1, -0.05) is 42.5 Å². The number of hydrogen-bond acceptors (Lipinski definition) is 3. The predicted molar refractivity (Wildman–Crippen MR) is 77.3 cm³/mol. The highest BCUT2D eigenvalue weighted by molar-refractivity contribution is 14.1. The molecule has 0 spiro atoms. The van der Waals surface area contributed by atoms with Crippen LogP contribution in [0.3, 0.4) is 0 Å². The van der Waals surface area contributed by atoms with Crippen LogP contribution >= 0.6 is 22.6 Å². The lowest BCUT2D eigenvalue weighted by atomic mass is 10.2. The van der Waals surface area contributed by atoms with E-state index in [1.54, 1.807) is 4.68 Å². The van der Waals surface area contributed by atoms with Crippen molar-refractivity contribution in [2.24, 2.45) is 0 Å². The third kappa shape index (κ3) is 2.01. The van der Waals surface area contributed by atoms with Crippen LogP contribution in [-0.2, 0) is 0 Å². The molecule has 3 aromatic rings. The number of nitrogens with zero attached hydrogens (tertiary/aromatic N) is 4. The third-order valence-electron chi connectivity index (χ3n) is 2.58. The maximum absolute atomic E-state index is 4.10. The van der Waals surface area contributed by atoms with E-state index in [1.807, 2.05) is 54.6 Å². The molecule has 1 aromatic heterocycles. The minimum atomic E-state index is 0.750. The minimum absolute atomic E-state index is 0.750. The van der Waals surface area contributed by atoms with Crippen LogP contribution in [0.15, 0.2) is 54.6 Å². The van der Waals surface area contributed by atoms with E-state index in [0.29, 0.717) is 0 Å². The summed E-state index contributed by atoms with van der Waals surface area (Å²) in [4.78, 5) is 0. The van der Waals surface area contributed by atoms with E-state index in [1.165, 1.54) is 0 Å². The van der Waals surface area contributed by atoms with Gasteiger partial charge in [0.2, 0.25) is 0 Å². The molecule has 0 unspecified atom stereocenters. The van der Waals surface area contributed by atoms with Crippen LogP contribution in [0.1, 0.15) is 0 Å². The molecule has 3 rings (SSSR count). The van der Waals surface area contributed by atoms with E-state index in [2.05, 4.69) is 38.1 Å². The van der Waals surface area contributed by atoms with Crippen molar-refractivity contribution in [1.82, 2.24) is 20.2 Å². The fourth-order valence-electron chi connectivity index (χ4n) is 1.74. The van der Waals surface area contributed by atoms with Gasteiger partial charge in [0.05, 0.1) is 5.69 Å². The maximum Gasteiger partial charge on any atom is 0.187 e. The highest BCUT2D eigenvalue weighted by Crippen LogP contribution is 2.22. The molecule has 5 heteroatoms. The summed E-state index contributed by atoms with van der Waals surface area (Å²) in [5, 5.41) is 12.0. The summed E-state index contributed by atoms with van der Waals surface area (Å²) in [7, 11) is 0. The molecule has 0 fully saturated rings. The summed E-state index contributed by atoms with van der Waals surface area (Å²) < 4.78 is 2.87. The lowest BCUT2D eigenvalue weighted by molar-refractivity contribution is 0.788. The number of halogens is 1. The average Bonchev–Trinajstić information content (AvgIpc) is 2.89. The Morgan fingerprint density at radius 3 is 2.39 bits per heavy atom. The zero-order valence-corrected chi connectivity index (χ0v) is 11.5. The Kier molecular flexibility index (Phi) is 3.06. The summed E-state index contributed by atoms with van der Waals surface area (Å²) in [5.74, 6) is 0.750. The van der Waals surface area contributed by atoms with Gasteiger partial charge < -0.3 is 0 Å². The Bertz CT molecular complexity index is 664. The molecule has 0 saturated carbocycles. The Labute approximate surface area is 118 Å². The molecule has 18 heavy (non-hydrogen) atoms.